The predicted octanol–water partition coefficient (Wildman–Crippen LogP) is 2.00. The van der Waals surface area contributed by atoms with Crippen LogP contribution in [0.15, 0.2) is 18.3 Å². The monoisotopic (exact) mass is 366 g/mol. The number of piperazine rings is 1. The minimum atomic E-state index is -0.415. The van der Waals surface area contributed by atoms with E-state index in [1.54, 1.807) is 11.1 Å². The number of pyridine rings is 1. The van der Waals surface area contributed by atoms with Gasteiger partial charge < -0.3 is 14.5 Å². The van der Waals surface area contributed by atoms with Gasteiger partial charge in [0.25, 0.3) is 0 Å². The number of carbonyl (C=O) groups is 2. The molecule has 0 saturated carbocycles. The van der Waals surface area contributed by atoms with Crippen LogP contribution in [-0.2, 0) is 9.53 Å². The molecule has 0 bridgehead atoms. The summed E-state index contributed by atoms with van der Waals surface area (Å²) in [4.78, 5) is 34.7. The molecule has 2 aliphatic heterocycles. The molecule has 0 aromatic carbocycles. The zero-order chi connectivity index (χ0) is 17.8. The number of nitrogens with zero attached hydrogens (tertiary/aromatic N) is 4. The summed E-state index contributed by atoms with van der Waals surface area (Å²) in [7, 11) is 1.36. The van der Waals surface area contributed by atoms with Crippen molar-refractivity contribution in [3.63, 3.8) is 0 Å². The summed E-state index contributed by atoms with van der Waals surface area (Å²) in [6, 6.07) is 3.30. The highest BCUT2D eigenvalue weighted by molar-refractivity contribution is 6.30. The number of likely N-dealkylation sites (tertiary alicyclic amines) is 1. The lowest BCUT2D eigenvalue weighted by atomic mass is 10.0. The second kappa shape index (κ2) is 7.91. The maximum absolute atomic E-state index is 12.9. The van der Waals surface area contributed by atoms with E-state index in [0.717, 1.165) is 18.7 Å². The van der Waals surface area contributed by atoms with Crippen LogP contribution in [-0.4, -0.2) is 72.7 Å². The van der Waals surface area contributed by atoms with Gasteiger partial charge in [0, 0.05) is 38.9 Å². The summed E-state index contributed by atoms with van der Waals surface area (Å²) in [5, 5.41) is 0.609. The van der Waals surface area contributed by atoms with Gasteiger partial charge in [-0.15, -0.1) is 0 Å². The molecule has 0 spiro atoms. The van der Waals surface area contributed by atoms with Crippen LogP contribution in [0.2, 0.25) is 5.02 Å². The summed E-state index contributed by atoms with van der Waals surface area (Å²) in [6.07, 6.45) is 3.78. The first-order valence-corrected chi connectivity index (χ1v) is 8.98. The highest BCUT2D eigenvalue weighted by Gasteiger charge is 2.36. The van der Waals surface area contributed by atoms with Gasteiger partial charge in [0.2, 0.25) is 5.91 Å². The Morgan fingerprint density at radius 3 is 2.56 bits per heavy atom. The Bertz CT molecular complexity index is 617. The van der Waals surface area contributed by atoms with Crippen LogP contribution < -0.4 is 4.90 Å². The summed E-state index contributed by atoms with van der Waals surface area (Å²) in [5.74, 6) is 0.888. The lowest BCUT2D eigenvalue weighted by molar-refractivity contribution is -0.137. The normalized spacial score (nSPS) is 21.2. The summed E-state index contributed by atoms with van der Waals surface area (Å²) in [6.45, 7) is 3.25. The van der Waals surface area contributed by atoms with Crippen LogP contribution >= 0.6 is 11.6 Å². The highest BCUT2D eigenvalue weighted by atomic mass is 35.5. The maximum Gasteiger partial charge on any atom is 0.410 e. The number of rotatable bonds is 2. The van der Waals surface area contributed by atoms with E-state index in [4.69, 9.17) is 16.3 Å². The molecule has 0 N–H and O–H groups in total. The molecule has 2 amide bonds. The molecule has 7 nitrogen and oxygen atoms in total. The molecule has 2 saturated heterocycles. The lowest BCUT2D eigenvalue weighted by Gasteiger charge is -2.40. The van der Waals surface area contributed by atoms with Crippen LogP contribution in [0.4, 0.5) is 10.6 Å². The molecule has 8 heteroatoms. The van der Waals surface area contributed by atoms with Gasteiger partial charge in [-0.3, -0.25) is 9.69 Å². The molecular weight excluding hydrogens is 344 g/mol. The minimum Gasteiger partial charge on any atom is -0.453 e. The van der Waals surface area contributed by atoms with Gasteiger partial charge in [0.05, 0.1) is 12.1 Å². The van der Waals surface area contributed by atoms with E-state index in [9.17, 15) is 9.59 Å². The van der Waals surface area contributed by atoms with Gasteiger partial charge in [-0.1, -0.05) is 11.6 Å². The molecule has 3 heterocycles. The molecule has 136 valence electrons. The third-order valence-electron chi connectivity index (χ3n) is 4.82. The number of amides is 2. The first-order valence-electron chi connectivity index (χ1n) is 8.60. The Morgan fingerprint density at radius 1 is 1.16 bits per heavy atom. The van der Waals surface area contributed by atoms with Crippen molar-refractivity contribution in [1.82, 2.24) is 14.8 Å². The standard InChI is InChI=1S/C17H23ClN4O3/c1-25-17(24)22-7-3-2-4-14(22)16(23)21-10-8-20(9-11-21)15-6-5-13(18)12-19-15/h5-6,12,14H,2-4,7-11H2,1H3/t14-/m0/s1. The fourth-order valence-electron chi connectivity index (χ4n) is 3.45. The second-order valence-corrected chi connectivity index (χ2v) is 6.76. The topological polar surface area (TPSA) is 66.0 Å². The lowest BCUT2D eigenvalue weighted by Crippen LogP contribution is -2.57. The first-order chi connectivity index (χ1) is 12.1. The number of hydrogen-bond acceptors (Lipinski definition) is 5. The number of anilines is 1. The minimum absolute atomic E-state index is 0.0221. The molecule has 0 unspecified atom stereocenters. The van der Waals surface area contributed by atoms with Gasteiger partial charge in [-0.2, -0.15) is 0 Å². The zero-order valence-corrected chi connectivity index (χ0v) is 15.1. The Balaban J connectivity index is 1.60. The molecule has 1 aromatic heterocycles. The quantitative estimate of drug-likeness (QED) is 0.801. The smallest absolute Gasteiger partial charge is 0.410 e. The molecule has 0 aliphatic carbocycles. The Kier molecular flexibility index (Phi) is 5.63. The van der Waals surface area contributed by atoms with Gasteiger partial charge in [-0.05, 0) is 31.4 Å². The number of carbonyl (C=O) groups excluding carboxylic acids is 2. The van der Waals surface area contributed by atoms with Gasteiger partial charge in [0.1, 0.15) is 11.9 Å². The van der Waals surface area contributed by atoms with Crippen molar-refractivity contribution < 1.29 is 14.3 Å². The van der Waals surface area contributed by atoms with Crippen LogP contribution in [0.25, 0.3) is 0 Å². The highest BCUT2D eigenvalue weighted by Crippen LogP contribution is 2.22. The van der Waals surface area contributed by atoms with Crippen molar-refractivity contribution in [2.24, 2.45) is 0 Å². The van der Waals surface area contributed by atoms with E-state index in [0.29, 0.717) is 44.2 Å². The van der Waals surface area contributed by atoms with E-state index in [-0.39, 0.29) is 5.91 Å². The molecule has 25 heavy (non-hydrogen) atoms. The average molecular weight is 367 g/mol. The number of halogens is 1. The third-order valence-corrected chi connectivity index (χ3v) is 5.05. The van der Waals surface area contributed by atoms with Crippen molar-refractivity contribution >= 4 is 29.4 Å². The number of methoxy groups -OCH3 is 1. The van der Waals surface area contributed by atoms with E-state index in [2.05, 4.69) is 9.88 Å². The Morgan fingerprint density at radius 2 is 1.92 bits per heavy atom. The second-order valence-electron chi connectivity index (χ2n) is 6.32. The van der Waals surface area contributed by atoms with Gasteiger partial charge in [-0.25, -0.2) is 9.78 Å². The third kappa shape index (κ3) is 3.98. The molecule has 2 aliphatic rings. The van der Waals surface area contributed by atoms with Gasteiger partial charge in [0.15, 0.2) is 0 Å². The first kappa shape index (κ1) is 17.8. The summed E-state index contributed by atoms with van der Waals surface area (Å²) in [5.41, 5.74) is 0. The number of ether oxygens (including phenoxy) is 1. The molecule has 3 rings (SSSR count). The van der Waals surface area contributed by atoms with Crippen molar-refractivity contribution in [1.29, 1.82) is 0 Å². The fourth-order valence-corrected chi connectivity index (χ4v) is 3.56. The molecule has 2 fully saturated rings. The number of hydrogen-bond donors (Lipinski definition) is 0. The zero-order valence-electron chi connectivity index (χ0n) is 14.4. The van der Waals surface area contributed by atoms with E-state index in [1.807, 2.05) is 17.0 Å². The Hall–Kier alpha value is -2.02. The number of aromatic nitrogens is 1. The van der Waals surface area contributed by atoms with Crippen LogP contribution in [0, 0.1) is 0 Å². The van der Waals surface area contributed by atoms with Crippen molar-refractivity contribution in [3.05, 3.63) is 23.4 Å². The van der Waals surface area contributed by atoms with Gasteiger partial charge >= 0.3 is 6.09 Å². The molecular formula is C17H23ClN4O3. The van der Waals surface area contributed by atoms with Crippen LogP contribution in [0.5, 0.6) is 0 Å². The van der Waals surface area contributed by atoms with Crippen molar-refractivity contribution in [2.45, 2.75) is 25.3 Å². The average Bonchev–Trinajstić information content (AvgIpc) is 2.67. The predicted molar refractivity (Wildman–Crippen MR) is 94.8 cm³/mol. The summed E-state index contributed by atoms with van der Waals surface area (Å²) < 4.78 is 4.83. The molecule has 1 aromatic rings. The molecule has 1 atom stereocenters. The fraction of sp³-hybridized carbons (Fsp3) is 0.588. The van der Waals surface area contributed by atoms with Crippen LogP contribution in [0.1, 0.15) is 19.3 Å². The molecule has 0 radical (unpaired) electrons. The number of piperidine rings is 1. The summed E-state index contributed by atoms with van der Waals surface area (Å²) >= 11 is 5.88. The Labute approximate surface area is 152 Å². The maximum atomic E-state index is 12.9. The largest absolute Gasteiger partial charge is 0.453 e. The van der Waals surface area contributed by atoms with Crippen molar-refractivity contribution in [3.8, 4) is 0 Å². The van der Waals surface area contributed by atoms with E-state index in [1.165, 1.54) is 7.11 Å². The van der Waals surface area contributed by atoms with E-state index < -0.39 is 12.1 Å². The SMILES string of the molecule is COC(=O)N1CCCC[C@H]1C(=O)N1CCN(c2ccc(Cl)cn2)CC1. The van der Waals surface area contributed by atoms with Crippen LogP contribution in [0.3, 0.4) is 0 Å². The van der Waals surface area contributed by atoms with E-state index >= 15 is 0 Å². The van der Waals surface area contributed by atoms with Crippen molar-refractivity contribution in [2.75, 3.05) is 44.7 Å².